The van der Waals surface area contributed by atoms with Crippen molar-refractivity contribution in [3.63, 3.8) is 0 Å². The fourth-order valence-corrected chi connectivity index (χ4v) is 4.66. The van der Waals surface area contributed by atoms with Crippen LogP contribution < -0.4 is 0 Å². The Bertz CT molecular complexity index is 614. The molecule has 0 radical (unpaired) electrons. The van der Waals surface area contributed by atoms with Crippen LogP contribution in [0.25, 0.3) is 0 Å². The zero-order valence-corrected chi connectivity index (χ0v) is 15.6. The van der Waals surface area contributed by atoms with Crippen LogP contribution >= 0.6 is 0 Å². The van der Waals surface area contributed by atoms with Gasteiger partial charge in [-0.15, -0.1) is 0 Å². The second-order valence-electron chi connectivity index (χ2n) is 7.86. The lowest BCUT2D eigenvalue weighted by Gasteiger charge is -2.31. The van der Waals surface area contributed by atoms with E-state index in [0.717, 1.165) is 44.2 Å². The van der Waals surface area contributed by atoms with E-state index in [-0.39, 0.29) is 0 Å². The summed E-state index contributed by atoms with van der Waals surface area (Å²) in [6.07, 6.45) is 12.3. The van der Waals surface area contributed by atoms with Crippen molar-refractivity contribution < 1.29 is 17.9 Å². The molecule has 1 aromatic rings. The van der Waals surface area contributed by atoms with Crippen molar-refractivity contribution in [1.29, 1.82) is 0 Å². The van der Waals surface area contributed by atoms with Gasteiger partial charge in [-0.25, -0.2) is 13.2 Å². The van der Waals surface area contributed by atoms with Gasteiger partial charge in [0.1, 0.15) is 0 Å². The number of hydrogen-bond donors (Lipinski definition) is 0. The van der Waals surface area contributed by atoms with Gasteiger partial charge in [0.15, 0.2) is 17.5 Å². The van der Waals surface area contributed by atoms with E-state index in [1.54, 1.807) is 7.11 Å². The van der Waals surface area contributed by atoms with Gasteiger partial charge in [0.05, 0.1) is 12.9 Å². The van der Waals surface area contributed by atoms with Gasteiger partial charge < -0.3 is 4.74 Å². The Balaban J connectivity index is 1.52. The molecule has 2 aliphatic carbocycles. The molecule has 0 saturated heterocycles. The standard InChI is InChI=1S/C22H29F3O/c1-26-22(17-5-3-2-4-6-17)18-11-9-15(10-12-18)7-8-16-13-19(23)21(25)20(24)14-16/h13-15,18H,2-12H2,1H3/t15-,18-. The second-order valence-corrected chi connectivity index (χ2v) is 7.86. The minimum atomic E-state index is -1.38. The summed E-state index contributed by atoms with van der Waals surface area (Å²) in [7, 11) is 1.81. The smallest absolute Gasteiger partial charge is 0.194 e. The maximum atomic E-state index is 13.3. The predicted molar refractivity (Wildman–Crippen MR) is 97.2 cm³/mol. The summed E-state index contributed by atoms with van der Waals surface area (Å²) in [4.78, 5) is 0. The topological polar surface area (TPSA) is 9.23 Å². The maximum Gasteiger partial charge on any atom is 0.194 e. The molecule has 0 N–H and O–H groups in total. The van der Waals surface area contributed by atoms with Crippen molar-refractivity contribution in [2.75, 3.05) is 7.11 Å². The Kier molecular flexibility index (Phi) is 6.66. The molecule has 0 amide bonds. The molecular formula is C22H29F3O. The van der Waals surface area contributed by atoms with Crippen LogP contribution in [0.2, 0.25) is 0 Å². The lowest BCUT2D eigenvalue weighted by Crippen LogP contribution is -2.19. The highest BCUT2D eigenvalue weighted by molar-refractivity contribution is 5.19. The number of benzene rings is 1. The number of hydrogen-bond acceptors (Lipinski definition) is 1. The van der Waals surface area contributed by atoms with Crippen molar-refractivity contribution in [2.24, 2.45) is 11.8 Å². The van der Waals surface area contributed by atoms with Crippen LogP contribution in [0, 0.1) is 29.3 Å². The summed E-state index contributed by atoms with van der Waals surface area (Å²) in [6, 6.07) is 2.25. The quantitative estimate of drug-likeness (QED) is 0.416. The van der Waals surface area contributed by atoms with E-state index in [4.69, 9.17) is 4.74 Å². The van der Waals surface area contributed by atoms with E-state index in [2.05, 4.69) is 0 Å². The fourth-order valence-electron chi connectivity index (χ4n) is 4.66. The molecule has 2 fully saturated rings. The first-order chi connectivity index (χ1) is 12.6. The third-order valence-corrected chi connectivity index (χ3v) is 6.13. The lowest BCUT2D eigenvalue weighted by molar-refractivity contribution is 0.183. The molecule has 0 spiro atoms. The average molecular weight is 366 g/mol. The minimum absolute atomic E-state index is 0.532. The first-order valence-corrected chi connectivity index (χ1v) is 9.97. The normalized spacial score (nSPS) is 23.8. The van der Waals surface area contributed by atoms with Crippen LogP contribution in [0.1, 0.15) is 69.8 Å². The van der Waals surface area contributed by atoms with Gasteiger partial charge in [-0.2, -0.15) is 0 Å². The van der Waals surface area contributed by atoms with Crippen molar-refractivity contribution >= 4 is 0 Å². The molecule has 2 aliphatic rings. The minimum Gasteiger partial charge on any atom is -0.501 e. The predicted octanol–water partition coefficient (Wildman–Crippen LogP) is 6.71. The average Bonchev–Trinajstić information content (AvgIpc) is 2.67. The van der Waals surface area contributed by atoms with Gasteiger partial charge in [-0.1, -0.05) is 6.42 Å². The van der Waals surface area contributed by atoms with Gasteiger partial charge in [-0.05, 0) is 93.4 Å². The van der Waals surface area contributed by atoms with Gasteiger partial charge in [0.2, 0.25) is 0 Å². The molecule has 0 bridgehead atoms. The Morgan fingerprint density at radius 3 is 2.15 bits per heavy atom. The number of halogens is 3. The van der Waals surface area contributed by atoms with Crippen LogP contribution in [0.15, 0.2) is 23.5 Å². The first kappa shape index (κ1) is 19.3. The van der Waals surface area contributed by atoms with Crippen molar-refractivity contribution in [3.05, 3.63) is 46.5 Å². The highest BCUT2D eigenvalue weighted by atomic mass is 19.2. The summed E-state index contributed by atoms with van der Waals surface area (Å²) in [5.74, 6) is -1.22. The summed E-state index contributed by atoms with van der Waals surface area (Å²) in [6.45, 7) is 0. The Hall–Kier alpha value is -1.45. The zero-order valence-electron chi connectivity index (χ0n) is 15.6. The molecule has 0 atom stereocenters. The Morgan fingerprint density at radius 2 is 1.58 bits per heavy atom. The molecule has 1 nitrogen and oxygen atoms in total. The van der Waals surface area contributed by atoms with Gasteiger partial charge in [-0.3, -0.25) is 0 Å². The largest absolute Gasteiger partial charge is 0.501 e. The molecule has 0 heterocycles. The van der Waals surface area contributed by atoms with Gasteiger partial charge in [0.25, 0.3) is 0 Å². The highest BCUT2D eigenvalue weighted by Crippen LogP contribution is 2.39. The van der Waals surface area contributed by atoms with Crippen LogP contribution in [0.3, 0.4) is 0 Å². The third kappa shape index (κ3) is 4.63. The van der Waals surface area contributed by atoms with Crippen LogP contribution in [0.4, 0.5) is 13.2 Å². The SMILES string of the molecule is COC(=C1CCCCC1)[C@H]1CC[C@H](CCc2cc(F)c(F)c(F)c2)CC1. The molecule has 0 unspecified atom stereocenters. The highest BCUT2D eigenvalue weighted by Gasteiger charge is 2.27. The van der Waals surface area contributed by atoms with E-state index >= 15 is 0 Å². The fraction of sp³-hybridized carbons (Fsp3) is 0.636. The summed E-state index contributed by atoms with van der Waals surface area (Å²) < 4.78 is 45.5. The van der Waals surface area contributed by atoms with E-state index in [1.807, 2.05) is 0 Å². The van der Waals surface area contributed by atoms with E-state index in [9.17, 15) is 13.2 Å². The Morgan fingerprint density at radius 1 is 0.962 bits per heavy atom. The molecule has 3 rings (SSSR count). The lowest BCUT2D eigenvalue weighted by atomic mass is 9.77. The summed E-state index contributed by atoms with van der Waals surface area (Å²) in [5, 5.41) is 0. The molecule has 144 valence electrons. The molecule has 2 saturated carbocycles. The second kappa shape index (κ2) is 8.96. The van der Waals surface area contributed by atoms with E-state index in [0.29, 0.717) is 23.8 Å². The van der Waals surface area contributed by atoms with Crippen molar-refractivity contribution in [3.8, 4) is 0 Å². The molecule has 0 aliphatic heterocycles. The number of aryl methyl sites for hydroxylation is 1. The number of ether oxygens (including phenoxy) is 1. The van der Waals surface area contributed by atoms with Crippen molar-refractivity contribution in [1.82, 2.24) is 0 Å². The summed E-state index contributed by atoms with van der Waals surface area (Å²) in [5.41, 5.74) is 2.07. The van der Waals surface area contributed by atoms with E-state index in [1.165, 1.54) is 43.4 Å². The Labute approximate surface area is 154 Å². The van der Waals surface area contributed by atoms with Crippen LogP contribution in [0.5, 0.6) is 0 Å². The first-order valence-electron chi connectivity index (χ1n) is 9.97. The number of allylic oxidation sites excluding steroid dienone is 2. The monoisotopic (exact) mass is 366 g/mol. The molecular weight excluding hydrogens is 337 g/mol. The molecule has 1 aromatic carbocycles. The molecule has 26 heavy (non-hydrogen) atoms. The molecule has 0 aromatic heterocycles. The van der Waals surface area contributed by atoms with E-state index < -0.39 is 17.5 Å². The van der Waals surface area contributed by atoms with Crippen LogP contribution in [-0.4, -0.2) is 7.11 Å². The third-order valence-electron chi connectivity index (χ3n) is 6.13. The van der Waals surface area contributed by atoms with Crippen LogP contribution in [-0.2, 0) is 11.2 Å². The number of methoxy groups -OCH3 is 1. The van der Waals surface area contributed by atoms with Gasteiger partial charge in [0, 0.05) is 5.92 Å². The van der Waals surface area contributed by atoms with Crippen molar-refractivity contribution in [2.45, 2.75) is 70.6 Å². The summed E-state index contributed by atoms with van der Waals surface area (Å²) >= 11 is 0. The van der Waals surface area contributed by atoms with Gasteiger partial charge >= 0.3 is 0 Å². The number of rotatable bonds is 5. The molecule has 4 heteroatoms. The maximum absolute atomic E-state index is 13.3. The zero-order chi connectivity index (χ0) is 18.5.